The van der Waals surface area contributed by atoms with E-state index in [0.29, 0.717) is 16.7 Å². The molecule has 2 bridgehead atoms. The van der Waals surface area contributed by atoms with Gasteiger partial charge in [0.25, 0.3) is 0 Å². The summed E-state index contributed by atoms with van der Waals surface area (Å²) in [7, 11) is -2.22. The predicted molar refractivity (Wildman–Crippen MR) is 51.3 cm³/mol. The third-order valence-corrected chi connectivity index (χ3v) is 5.43. The van der Waals surface area contributed by atoms with Crippen molar-refractivity contribution in [3.63, 3.8) is 0 Å². The van der Waals surface area contributed by atoms with Crippen LogP contribution in [0.4, 0.5) is 0 Å². The molecule has 2 heteroatoms. The highest BCUT2D eigenvalue weighted by Gasteiger charge is 2.60. The first-order chi connectivity index (χ1) is 6.97. The van der Waals surface area contributed by atoms with E-state index in [4.69, 9.17) is 8.85 Å². The highest BCUT2D eigenvalue weighted by molar-refractivity contribution is 9.09. The molecule has 0 aromatic rings. The van der Waals surface area contributed by atoms with Crippen molar-refractivity contribution in [1.82, 2.24) is 0 Å². The molecule has 1 nitrogen and oxygen atoms in total. The molecule has 0 amide bonds. The van der Waals surface area contributed by atoms with Gasteiger partial charge in [0, 0.05) is 11.9 Å². The maximum atomic E-state index is 7.22. The first-order valence-electron chi connectivity index (χ1n) is 6.29. The summed E-state index contributed by atoms with van der Waals surface area (Å²) < 4.78 is 27.0. The molecule has 6 atom stereocenters. The Bertz CT molecular complexity index is 280. The molecule has 0 spiro atoms. The van der Waals surface area contributed by atoms with Crippen LogP contribution in [0.15, 0.2) is 0 Å². The van der Waals surface area contributed by atoms with Crippen molar-refractivity contribution in [2.24, 2.45) is 23.7 Å². The average Bonchev–Trinajstić information content (AvgIpc) is 2.79. The minimum Gasteiger partial charge on any atom is -0.381 e. The number of hydrogen-bond donors (Lipinski definition) is 0. The Morgan fingerprint density at radius 1 is 1.25 bits per heavy atom. The average molecular weight is 234 g/mol. The lowest BCUT2D eigenvalue weighted by Gasteiger charge is -2.31. The van der Waals surface area contributed by atoms with Crippen LogP contribution in [0.3, 0.4) is 0 Å². The molecule has 3 rings (SSSR count). The molecule has 3 aliphatic carbocycles. The molecule has 0 unspecified atom stereocenters. The Balaban J connectivity index is 1.78. The standard InChI is InChI=1S/C10H15BrO/c1-12-10-6-3-2-5(9(6)11)7-4-8(7)10/h5-10H,2-4H2,1H3/t5-,6-,7+,8+,9+,10-/m1/s1/i1D3. The van der Waals surface area contributed by atoms with Crippen molar-refractivity contribution >= 4 is 15.9 Å². The zero-order chi connectivity index (χ0) is 10.8. The molecule has 3 saturated carbocycles. The summed E-state index contributed by atoms with van der Waals surface area (Å²) >= 11 is 3.73. The van der Waals surface area contributed by atoms with E-state index in [0.717, 1.165) is 18.3 Å². The fourth-order valence-electron chi connectivity index (χ4n) is 3.41. The summed E-state index contributed by atoms with van der Waals surface area (Å²) in [5.41, 5.74) is 0. The number of methoxy groups -OCH3 is 1. The molecule has 68 valence electrons. The third kappa shape index (κ3) is 0.832. The summed E-state index contributed by atoms with van der Waals surface area (Å²) in [5.74, 6) is 2.49. The lowest BCUT2D eigenvalue weighted by Crippen LogP contribution is -2.35. The maximum Gasteiger partial charge on any atom is 0.0641 e. The molecule has 0 aliphatic heterocycles. The summed E-state index contributed by atoms with van der Waals surface area (Å²) in [6, 6.07) is 0. The van der Waals surface area contributed by atoms with Gasteiger partial charge in [0.2, 0.25) is 0 Å². The summed E-state index contributed by atoms with van der Waals surface area (Å²) in [6.07, 6.45) is 3.55. The van der Waals surface area contributed by atoms with Gasteiger partial charge in [0.05, 0.1) is 10.2 Å². The van der Waals surface area contributed by atoms with Gasteiger partial charge >= 0.3 is 0 Å². The molecular formula is C10H15BrO. The minimum absolute atomic E-state index is 0.0226. The molecule has 0 heterocycles. The molecule has 12 heavy (non-hydrogen) atoms. The number of fused-ring (bicyclic) bond motifs is 4. The minimum atomic E-state index is -2.22. The summed E-state index contributed by atoms with van der Waals surface area (Å²) in [6.45, 7) is 0. The predicted octanol–water partition coefficient (Wildman–Crippen LogP) is 2.44. The molecular weight excluding hydrogens is 216 g/mol. The molecule has 0 saturated heterocycles. The van der Waals surface area contributed by atoms with Gasteiger partial charge < -0.3 is 4.74 Å². The number of ether oxygens (including phenoxy) is 1. The zero-order valence-corrected chi connectivity index (χ0v) is 8.46. The second-order valence-electron chi connectivity index (χ2n) is 4.50. The normalized spacial score (nSPS) is 66.2. The quantitative estimate of drug-likeness (QED) is 0.633. The molecule has 0 aromatic carbocycles. The molecule has 0 radical (unpaired) electrons. The Morgan fingerprint density at radius 2 is 2.08 bits per heavy atom. The van der Waals surface area contributed by atoms with Gasteiger partial charge in [0.1, 0.15) is 0 Å². The van der Waals surface area contributed by atoms with Crippen LogP contribution >= 0.6 is 15.9 Å². The monoisotopic (exact) mass is 233 g/mol. The van der Waals surface area contributed by atoms with Crippen LogP contribution in [0.5, 0.6) is 0 Å². The van der Waals surface area contributed by atoms with E-state index in [-0.39, 0.29) is 6.10 Å². The Hall–Kier alpha value is 0.440. The first kappa shape index (κ1) is 5.35. The summed E-state index contributed by atoms with van der Waals surface area (Å²) in [5, 5.41) is 0. The van der Waals surface area contributed by atoms with Gasteiger partial charge in [-0.2, -0.15) is 0 Å². The smallest absolute Gasteiger partial charge is 0.0641 e. The van der Waals surface area contributed by atoms with Crippen molar-refractivity contribution in [1.29, 1.82) is 0 Å². The van der Waals surface area contributed by atoms with Crippen molar-refractivity contribution in [3.05, 3.63) is 0 Å². The van der Waals surface area contributed by atoms with Gasteiger partial charge in [-0.05, 0) is 42.9 Å². The third-order valence-electron chi connectivity index (χ3n) is 4.07. The molecule has 3 aliphatic rings. The van der Waals surface area contributed by atoms with Gasteiger partial charge in [0.15, 0.2) is 0 Å². The van der Waals surface area contributed by atoms with Crippen LogP contribution in [0, 0.1) is 23.7 Å². The SMILES string of the molecule is [2H]C([2H])([2H])O[C@@H]1[C@@H]2CC[C@@H]([C@@H]2Br)[C@@H]2C[C@@H]21. The lowest BCUT2D eigenvalue weighted by molar-refractivity contribution is 0.0221. The highest BCUT2D eigenvalue weighted by atomic mass is 79.9. The number of rotatable bonds is 1. The molecule has 0 N–H and O–H groups in total. The number of halogens is 1. The van der Waals surface area contributed by atoms with Crippen molar-refractivity contribution in [2.45, 2.75) is 30.2 Å². The molecule has 3 fully saturated rings. The van der Waals surface area contributed by atoms with Crippen molar-refractivity contribution < 1.29 is 8.85 Å². The van der Waals surface area contributed by atoms with Crippen LogP contribution in [0.2, 0.25) is 0 Å². The highest BCUT2D eigenvalue weighted by Crippen LogP contribution is 2.63. The maximum absolute atomic E-state index is 7.22. The van der Waals surface area contributed by atoms with E-state index in [1.54, 1.807) is 0 Å². The lowest BCUT2D eigenvalue weighted by atomic mass is 9.87. The van der Waals surface area contributed by atoms with Crippen LogP contribution in [-0.4, -0.2) is 18.0 Å². The van der Waals surface area contributed by atoms with Crippen LogP contribution < -0.4 is 0 Å². The van der Waals surface area contributed by atoms with E-state index < -0.39 is 7.04 Å². The van der Waals surface area contributed by atoms with E-state index in [9.17, 15) is 0 Å². The molecule has 0 aromatic heterocycles. The van der Waals surface area contributed by atoms with Gasteiger partial charge in [-0.3, -0.25) is 0 Å². The van der Waals surface area contributed by atoms with Crippen LogP contribution in [-0.2, 0) is 4.74 Å². The van der Waals surface area contributed by atoms with E-state index in [1.807, 2.05) is 0 Å². The Morgan fingerprint density at radius 3 is 2.92 bits per heavy atom. The van der Waals surface area contributed by atoms with E-state index in [1.165, 1.54) is 12.8 Å². The van der Waals surface area contributed by atoms with E-state index >= 15 is 0 Å². The topological polar surface area (TPSA) is 9.23 Å². The second kappa shape index (κ2) is 2.48. The van der Waals surface area contributed by atoms with Gasteiger partial charge in [-0.15, -0.1) is 0 Å². The van der Waals surface area contributed by atoms with Crippen molar-refractivity contribution in [2.75, 3.05) is 7.04 Å². The van der Waals surface area contributed by atoms with Crippen molar-refractivity contribution in [3.8, 4) is 0 Å². The van der Waals surface area contributed by atoms with Crippen LogP contribution in [0.25, 0.3) is 0 Å². The Labute approximate surface area is 86.2 Å². The number of alkyl halides is 1. The van der Waals surface area contributed by atoms with E-state index in [2.05, 4.69) is 15.9 Å². The Kier molecular flexibility index (Phi) is 1.10. The first-order valence-corrected chi connectivity index (χ1v) is 5.71. The zero-order valence-electron chi connectivity index (χ0n) is 9.87. The fraction of sp³-hybridized carbons (Fsp3) is 1.00. The van der Waals surface area contributed by atoms with Gasteiger partial charge in [-0.25, -0.2) is 0 Å². The van der Waals surface area contributed by atoms with Crippen LogP contribution in [0.1, 0.15) is 23.4 Å². The van der Waals surface area contributed by atoms with Gasteiger partial charge in [-0.1, -0.05) is 15.9 Å². The largest absolute Gasteiger partial charge is 0.381 e. The fourth-order valence-corrected chi connectivity index (χ4v) is 4.64. The summed E-state index contributed by atoms with van der Waals surface area (Å²) in [4.78, 5) is 0.494. The second-order valence-corrected chi connectivity index (χ2v) is 5.55. The number of hydrogen-bond acceptors (Lipinski definition) is 1.